The molecule has 1 aliphatic heterocycles. The van der Waals surface area contributed by atoms with E-state index in [9.17, 15) is 0 Å². The van der Waals surface area contributed by atoms with E-state index < -0.39 is 0 Å². The third-order valence-electron chi connectivity index (χ3n) is 3.72. The predicted molar refractivity (Wildman–Crippen MR) is 71.7 cm³/mol. The van der Waals surface area contributed by atoms with Gasteiger partial charge in [0.1, 0.15) is 0 Å². The molecule has 0 bridgehead atoms. The fourth-order valence-electron chi connectivity index (χ4n) is 2.47. The van der Waals surface area contributed by atoms with Gasteiger partial charge in [-0.2, -0.15) is 0 Å². The van der Waals surface area contributed by atoms with Gasteiger partial charge in [0.2, 0.25) is 0 Å². The lowest BCUT2D eigenvalue weighted by Gasteiger charge is -2.19. The summed E-state index contributed by atoms with van der Waals surface area (Å²) in [7, 11) is 0. The lowest BCUT2D eigenvalue weighted by atomic mass is 10.1. The Bertz CT molecular complexity index is 191. The SMILES string of the molecule is C=CCCC(CC)NCC1CCN(CC)C1. The standard InChI is InChI=1S/C14H28N2/c1-4-7-8-14(5-2)15-11-13-9-10-16(6-3)12-13/h4,13-15H,1,5-12H2,2-3H3. The number of allylic oxidation sites excluding steroid dienone is 1. The van der Waals surface area contributed by atoms with Crippen LogP contribution in [0, 0.1) is 5.92 Å². The molecule has 1 fully saturated rings. The van der Waals surface area contributed by atoms with Gasteiger partial charge in [-0.25, -0.2) is 0 Å². The Morgan fingerprint density at radius 2 is 2.31 bits per heavy atom. The topological polar surface area (TPSA) is 15.3 Å². The van der Waals surface area contributed by atoms with Crippen molar-refractivity contribution in [3.05, 3.63) is 12.7 Å². The Morgan fingerprint density at radius 3 is 2.88 bits per heavy atom. The van der Waals surface area contributed by atoms with Crippen molar-refractivity contribution < 1.29 is 0 Å². The molecule has 2 atom stereocenters. The van der Waals surface area contributed by atoms with Gasteiger partial charge in [-0.1, -0.05) is 19.9 Å². The van der Waals surface area contributed by atoms with Crippen LogP contribution in [0.5, 0.6) is 0 Å². The maximum absolute atomic E-state index is 3.79. The first-order valence-corrected chi connectivity index (χ1v) is 6.86. The van der Waals surface area contributed by atoms with Crippen molar-refractivity contribution in [1.82, 2.24) is 10.2 Å². The average molecular weight is 224 g/mol. The minimum absolute atomic E-state index is 0.689. The second kappa shape index (κ2) is 7.86. The second-order valence-corrected chi connectivity index (χ2v) is 4.93. The quantitative estimate of drug-likeness (QED) is 0.638. The van der Waals surface area contributed by atoms with E-state index >= 15 is 0 Å². The van der Waals surface area contributed by atoms with Crippen LogP contribution in [0.15, 0.2) is 12.7 Å². The summed E-state index contributed by atoms with van der Waals surface area (Å²) >= 11 is 0. The summed E-state index contributed by atoms with van der Waals surface area (Å²) in [6.45, 7) is 13.3. The van der Waals surface area contributed by atoms with Crippen molar-refractivity contribution in [2.24, 2.45) is 5.92 Å². The Morgan fingerprint density at radius 1 is 1.50 bits per heavy atom. The zero-order valence-corrected chi connectivity index (χ0v) is 11.0. The van der Waals surface area contributed by atoms with Crippen LogP contribution >= 0.6 is 0 Å². The Balaban J connectivity index is 2.14. The zero-order chi connectivity index (χ0) is 11.8. The molecule has 1 heterocycles. The molecule has 2 nitrogen and oxygen atoms in total. The lowest BCUT2D eigenvalue weighted by Crippen LogP contribution is -2.34. The molecule has 0 aliphatic carbocycles. The van der Waals surface area contributed by atoms with Gasteiger partial charge >= 0.3 is 0 Å². The van der Waals surface area contributed by atoms with Crippen LogP contribution in [-0.2, 0) is 0 Å². The molecular weight excluding hydrogens is 196 g/mol. The monoisotopic (exact) mass is 224 g/mol. The molecule has 0 spiro atoms. The number of nitrogens with zero attached hydrogens (tertiary/aromatic N) is 1. The van der Waals surface area contributed by atoms with Crippen LogP contribution in [0.4, 0.5) is 0 Å². The van der Waals surface area contributed by atoms with Gasteiger partial charge in [-0.3, -0.25) is 0 Å². The predicted octanol–water partition coefficient (Wildman–Crippen LogP) is 2.66. The van der Waals surface area contributed by atoms with Crippen molar-refractivity contribution in [1.29, 1.82) is 0 Å². The minimum Gasteiger partial charge on any atom is -0.314 e. The largest absolute Gasteiger partial charge is 0.314 e. The van der Waals surface area contributed by atoms with E-state index in [2.05, 4.69) is 30.6 Å². The Hall–Kier alpha value is -0.340. The second-order valence-electron chi connectivity index (χ2n) is 4.93. The van der Waals surface area contributed by atoms with Crippen LogP contribution in [-0.4, -0.2) is 37.1 Å². The van der Waals surface area contributed by atoms with E-state index in [1.165, 1.54) is 45.4 Å². The lowest BCUT2D eigenvalue weighted by molar-refractivity contribution is 0.332. The van der Waals surface area contributed by atoms with Gasteiger partial charge < -0.3 is 10.2 Å². The third-order valence-corrected chi connectivity index (χ3v) is 3.72. The first-order valence-electron chi connectivity index (χ1n) is 6.86. The molecule has 2 unspecified atom stereocenters. The van der Waals surface area contributed by atoms with Crippen molar-refractivity contribution in [3.63, 3.8) is 0 Å². The minimum atomic E-state index is 0.689. The molecule has 1 aliphatic rings. The molecule has 0 amide bonds. The summed E-state index contributed by atoms with van der Waals surface area (Å²) in [4.78, 5) is 2.55. The average Bonchev–Trinajstić information content (AvgIpc) is 2.77. The number of nitrogens with one attached hydrogen (secondary N) is 1. The highest BCUT2D eigenvalue weighted by molar-refractivity contribution is 4.79. The van der Waals surface area contributed by atoms with Gasteiger partial charge in [0.25, 0.3) is 0 Å². The Kier molecular flexibility index (Phi) is 6.74. The molecular formula is C14H28N2. The number of likely N-dealkylation sites (tertiary alicyclic amines) is 1. The van der Waals surface area contributed by atoms with Gasteiger partial charge in [0.15, 0.2) is 0 Å². The van der Waals surface area contributed by atoms with Crippen LogP contribution in [0.25, 0.3) is 0 Å². The fourth-order valence-corrected chi connectivity index (χ4v) is 2.47. The Labute approximate surface area is 101 Å². The molecule has 0 aromatic rings. The first kappa shape index (κ1) is 13.7. The highest BCUT2D eigenvalue weighted by atomic mass is 15.1. The van der Waals surface area contributed by atoms with E-state index in [0.29, 0.717) is 6.04 Å². The molecule has 0 aromatic heterocycles. The van der Waals surface area contributed by atoms with E-state index in [4.69, 9.17) is 0 Å². The molecule has 0 saturated carbocycles. The molecule has 2 heteroatoms. The third kappa shape index (κ3) is 4.67. The highest BCUT2D eigenvalue weighted by Gasteiger charge is 2.21. The maximum Gasteiger partial charge on any atom is 0.00675 e. The van der Waals surface area contributed by atoms with E-state index in [0.717, 1.165) is 12.3 Å². The smallest absolute Gasteiger partial charge is 0.00675 e. The molecule has 16 heavy (non-hydrogen) atoms. The van der Waals surface area contributed by atoms with Gasteiger partial charge in [-0.15, -0.1) is 6.58 Å². The maximum atomic E-state index is 3.79. The summed E-state index contributed by atoms with van der Waals surface area (Å²) in [5.74, 6) is 0.873. The molecule has 1 rings (SSSR count). The summed E-state index contributed by atoms with van der Waals surface area (Å²) in [5.41, 5.74) is 0. The van der Waals surface area contributed by atoms with Crippen molar-refractivity contribution in [2.45, 2.75) is 45.6 Å². The van der Waals surface area contributed by atoms with Gasteiger partial charge in [0.05, 0.1) is 0 Å². The zero-order valence-electron chi connectivity index (χ0n) is 11.0. The summed E-state index contributed by atoms with van der Waals surface area (Å²) in [5, 5.41) is 3.72. The molecule has 1 N–H and O–H groups in total. The summed E-state index contributed by atoms with van der Waals surface area (Å²) in [6.07, 6.45) is 7.01. The van der Waals surface area contributed by atoms with Crippen molar-refractivity contribution in [2.75, 3.05) is 26.2 Å². The summed E-state index contributed by atoms with van der Waals surface area (Å²) in [6, 6.07) is 0.689. The normalized spacial score (nSPS) is 23.5. The molecule has 0 radical (unpaired) electrons. The molecule has 0 aromatic carbocycles. The number of rotatable bonds is 8. The fraction of sp³-hybridized carbons (Fsp3) is 0.857. The van der Waals surface area contributed by atoms with Crippen molar-refractivity contribution in [3.8, 4) is 0 Å². The van der Waals surface area contributed by atoms with E-state index in [-0.39, 0.29) is 0 Å². The molecule has 1 saturated heterocycles. The highest BCUT2D eigenvalue weighted by Crippen LogP contribution is 2.15. The van der Waals surface area contributed by atoms with Gasteiger partial charge in [-0.05, 0) is 51.2 Å². The van der Waals surface area contributed by atoms with Crippen LogP contribution in [0.3, 0.4) is 0 Å². The van der Waals surface area contributed by atoms with Crippen molar-refractivity contribution >= 4 is 0 Å². The van der Waals surface area contributed by atoms with Crippen LogP contribution < -0.4 is 5.32 Å². The van der Waals surface area contributed by atoms with Crippen LogP contribution in [0.1, 0.15) is 39.5 Å². The van der Waals surface area contributed by atoms with Crippen LogP contribution in [0.2, 0.25) is 0 Å². The first-order chi connectivity index (χ1) is 7.80. The number of hydrogen-bond donors (Lipinski definition) is 1. The van der Waals surface area contributed by atoms with Gasteiger partial charge in [0, 0.05) is 12.6 Å². The van der Waals surface area contributed by atoms with E-state index in [1.54, 1.807) is 0 Å². The van der Waals surface area contributed by atoms with E-state index in [1.807, 2.05) is 6.08 Å². The summed E-state index contributed by atoms with van der Waals surface area (Å²) < 4.78 is 0. The molecule has 94 valence electrons. The number of hydrogen-bond acceptors (Lipinski definition) is 2.